The van der Waals surface area contributed by atoms with E-state index in [1.54, 1.807) is 29.0 Å². The number of benzene rings is 2. The lowest BCUT2D eigenvalue weighted by molar-refractivity contribution is 0.0414. The van der Waals surface area contributed by atoms with Crippen molar-refractivity contribution in [3.63, 3.8) is 0 Å². The van der Waals surface area contributed by atoms with Crippen LogP contribution in [0.4, 0.5) is 4.79 Å². The molecule has 0 aliphatic carbocycles. The van der Waals surface area contributed by atoms with Crippen molar-refractivity contribution >= 4 is 48.0 Å². The molecule has 186 valence electrons. The molecule has 2 aromatic carbocycles. The molecule has 0 bridgehead atoms. The Hall–Kier alpha value is -2.97. The van der Waals surface area contributed by atoms with Crippen LogP contribution in [-0.4, -0.2) is 66.2 Å². The predicted octanol–water partition coefficient (Wildman–Crippen LogP) is 5.37. The number of ether oxygens (including phenoxy) is 2. The molecule has 0 spiro atoms. The van der Waals surface area contributed by atoms with E-state index in [4.69, 9.17) is 26.1 Å². The maximum absolute atomic E-state index is 13.3. The van der Waals surface area contributed by atoms with Crippen molar-refractivity contribution in [2.45, 2.75) is 26.3 Å². The summed E-state index contributed by atoms with van der Waals surface area (Å²) in [5, 5.41) is 1.36. The first-order valence-electron chi connectivity index (χ1n) is 11.4. The number of pyridine rings is 1. The van der Waals surface area contributed by atoms with E-state index in [1.807, 2.05) is 50.2 Å². The van der Waals surface area contributed by atoms with Gasteiger partial charge in [0, 0.05) is 42.2 Å². The first kappa shape index (κ1) is 26.6. The van der Waals surface area contributed by atoms with Crippen molar-refractivity contribution in [1.82, 2.24) is 14.8 Å². The summed E-state index contributed by atoms with van der Waals surface area (Å²) in [7, 11) is 1.62. The van der Waals surface area contributed by atoms with Crippen molar-refractivity contribution in [2.75, 3.05) is 33.4 Å². The van der Waals surface area contributed by atoms with Gasteiger partial charge in [-0.3, -0.25) is 4.79 Å². The highest BCUT2D eigenvalue weighted by Crippen LogP contribution is 2.30. The van der Waals surface area contributed by atoms with Gasteiger partial charge in [-0.15, -0.1) is 0 Å². The Morgan fingerprint density at radius 3 is 2.51 bits per heavy atom. The molecule has 1 aliphatic rings. The minimum atomic E-state index is -0.323. The standard InChI is InChI=1S/C26H28ClN3O4.H2S/c1-4-13-34-26(32)29-11-12-30(17(2)16-29)25(31)19-7-10-21-22(27)15-23(28-24(21)14-19)18-5-8-20(33-3)9-6-18;/h5-10,14-15,17H,4,11-13,16H2,1-3H3;1H2/t17-;/m0./s1. The van der Waals surface area contributed by atoms with Crippen LogP contribution in [-0.2, 0) is 4.74 Å². The number of hydrogen-bond donors (Lipinski definition) is 0. The monoisotopic (exact) mass is 515 g/mol. The molecule has 0 unspecified atom stereocenters. The minimum Gasteiger partial charge on any atom is -0.497 e. The van der Waals surface area contributed by atoms with Gasteiger partial charge in [-0.2, -0.15) is 13.5 Å². The van der Waals surface area contributed by atoms with Crippen LogP contribution in [0.5, 0.6) is 5.75 Å². The third kappa shape index (κ3) is 5.82. The van der Waals surface area contributed by atoms with E-state index in [0.717, 1.165) is 28.8 Å². The molecule has 1 aliphatic heterocycles. The van der Waals surface area contributed by atoms with Crippen LogP contribution in [0.2, 0.25) is 5.02 Å². The zero-order valence-electron chi connectivity index (χ0n) is 20.1. The van der Waals surface area contributed by atoms with Crippen LogP contribution in [0, 0.1) is 0 Å². The van der Waals surface area contributed by atoms with Gasteiger partial charge >= 0.3 is 6.09 Å². The minimum absolute atomic E-state index is 0. The normalized spacial score (nSPS) is 15.5. The number of halogens is 1. The molecule has 1 fully saturated rings. The third-order valence-corrected chi connectivity index (χ3v) is 6.28. The van der Waals surface area contributed by atoms with Gasteiger partial charge in [-0.05, 0) is 55.8 Å². The largest absolute Gasteiger partial charge is 0.497 e. The van der Waals surface area contributed by atoms with Crippen LogP contribution >= 0.6 is 25.1 Å². The van der Waals surface area contributed by atoms with Gasteiger partial charge in [0.2, 0.25) is 0 Å². The van der Waals surface area contributed by atoms with Gasteiger partial charge in [0.05, 0.1) is 29.9 Å². The predicted molar refractivity (Wildman–Crippen MR) is 143 cm³/mol. The third-order valence-electron chi connectivity index (χ3n) is 5.97. The summed E-state index contributed by atoms with van der Waals surface area (Å²) in [6.07, 6.45) is 0.455. The Balaban J connectivity index is 0.00000342. The Labute approximate surface area is 217 Å². The average molecular weight is 516 g/mol. The maximum Gasteiger partial charge on any atom is 0.409 e. The lowest BCUT2D eigenvalue weighted by Gasteiger charge is -2.39. The second-order valence-electron chi connectivity index (χ2n) is 8.36. The fourth-order valence-electron chi connectivity index (χ4n) is 4.10. The Morgan fingerprint density at radius 2 is 1.86 bits per heavy atom. The van der Waals surface area contributed by atoms with Gasteiger partial charge in [0.25, 0.3) is 5.91 Å². The molecule has 2 heterocycles. The Morgan fingerprint density at radius 1 is 1.11 bits per heavy atom. The number of nitrogens with zero attached hydrogens (tertiary/aromatic N) is 3. The van der Waals surface area contributed by atoms with E-state index in [9.17, 15) is 9.59 Å². The maximum atomic E-state index is 13.3. The number of hydrogen-bond acceptors (Lipinski definition) is 5. The molecule has 4 rings (SSSR count). The number of rotatable bonds is 5. The zero-order valence-corrected chi connectivity index (χ0v) is 21.8. The smallest absolute Gasteiger partial charge is 0.409 e. The number of carbonyl (C=O) groups excluding carboxylic acids is 2. The van der Waals surface area contributed by atoms with Gasteiger partial charge < -0.3 is 19.3 Å². The summed E-state index contributed by atoms with van der Waals surface area (Å²) in [5.74, 6) is 0.667. The van der Waals surface area contributed by atoms with Crippen LogP contribution < -0.4 is 4.74 Å². The SMILES string of the molecule is CCCOC(=O)N1CCN(C(=O)c2ccc3c(Cl)cc(-c4ccc(OC)cc4)nc3c2)[C@@H](C)C1.S. The molecule has 35 heavy (non-hydrogen) atoms. The van der Waals surface area contributed by atoms with E-state index in [2.05, 4.69) is 0 Å². The number of carbonyl (C=O) groups is 2. The number of fused-ring (bicyclic) bond motifs is 1. The highest BCUT2D eigenvalue weighted by molar-refractivity contribution is 7.59. The number of aromatic nitrogens is 1. The van der Waals surface area contributed by atoms with Crippen molar-refractivity contribution in [1.29, 1.82) is 0 Å². The fourth-order valence-corrected chi connectivity index (χ4v) is 4.36. The molecule has 7 nitrogen and oxygen atoms in total. The van der Waals surface area contributed by atoms with E-state index < -0.39 is 0 Å². The first-order chi connectivity index (χ1) is 16.4. The van der Waals surface area contributed by atoms with Crippen molar-refractivity contribution in [3.05, 3.63) is 59.1 Å². The molecule has 2 amide bonds. The fraction of sp³-hybridized carbons (Fsp3) is 0.346. The second-order valence-corrected chi connectivity index (χ2v) is 8.76. The van der Waals surface area contributed by atoms with E-state index in [1.165, 1.54) is 0 Å². The van der Waals surface area contributed by atoms with Gasteiger partial charge in [-0.1, -0.05) is 24.6 Å². The number of piperazine rings is 1. The van der Waals surface area contributed by atoms with Crippen molar-refractivity contribution < 1.29 is 19.1 Å². The van der Waals surface area contributed by atoms with Gasteiger partial charge in [0.1, 0.15) is 5.75 Å². The molecule has 0 saturated carbocycles. The van der Waals surface area contributed by atoms with Crippen LogP contribution in [0.25, 0.3) is 22.2 Å². The topological polar surface area (TPSA) is 72.0 Å². The summed E-state index contributed by atoms with van der Waals surface area (Å²) in [6.45, 7) is 5.62. The number of amides is 2. The average Bonchev–Trinajstić information content (AvgIpc) is 2.86. The molecule has 3 aromatic rings. The second kappa shape index (κ2) is 11.6. The van der Waals surface area contributed by atoms with E-state index in [-0.39, 0.29) is 31.5 Å². The molecular weight excluding hydrogens is 486 g/mol. The quantitative estimate of drug-likeness (QED) is 0.457. The highest BCUT2D eigenvalue weighted by Gasteiger charge is 2.31. The van der Waals surface area contributed by atoms with Gasteiger partial charge in [0.15, 0.2) is 0 Å². The van der Waals surface area contributed by atoms with E-state index in [0.29, 0.717) is 42.3 Å². The molecular formula is C26H30ClN3O4S. The zero-order chi connectivity index (χ0) is 24.2. The summed E-state index contributed by atoms with van der Waals surface area (Å²) >= 11 is 6.55. The number of methoxy groups -OCH3 is 1. The molecule has 1 aromatic heterocycles. The molecule has 0 N–H and O–H groups in total. The molecule has 1 saturated heterocycles. The van der Waals surface area contributed by atoms with Crippen molar-refractivity contribution in [2.24, 2.45) is 0 Å². The Bertz CT molecular complexity index is 1210. The summed E-state index contributed by atoms with van der Waals surface area (Å²) in [5.41, 5.74) is 2.81. The van der Waals surface area contributed by atoms with Crippen LogP contribution in [0.3, 0.4) is 0 Å². The summed E-state index contributed by atoms with van der Waals surface area (Å²) < 4.78 is 10.5. The highest BCUT2D eigenvalue weighted by atomic mass is 35.5. The first-order valence-corrected chi connectivity index (χ1v) is 11.8. The van der Waals surface area contributed by atoms with Gasteiger partial charge in [-0.25, -0.2) is 9.78 Å². The molecule has 1 atom stereocenters. The molecule has 0 radical (unpaired) electrons. The van der Waals surface area contributed by atoms with Crippen LogP contribution in [0.1, 0.15) is 30.6 Å². The molecule has 9 heteroatoms. The van der Waals surface area contributed by atoms with Crippen LogP contribution in [0.15, 0.2) is 48.5 Å². The lowest BCUT2D eigenvalue weighted by Crippen LogP contribution is -2.55. The summed E-state index contributed by atoms with van der Waals surface area (Å²) in [4.78, 5) is 33.7. The van der Waals surface area contributed by atoms with Crippen molar-refractivity contribution in [3.8, 4) is 17.0 Å². The van der Waals surface area contributed by atoms with E-state index >= 15 is 0 Å². The lowest BCUT2D eigenvalue weighted by atomic mass is 10.1. The summed E-state index contributed by atoms with van der Waals surface area (Å²) in [6, 6.07) is 14.7. The Kier molecular flexibility index (Phi) is 8.86.